The molecule has 0 radical (unpaired) electrons. The van der Waals surface area contributed by atoms with Crippen LogP contribution in [0.4, 0.5) is 4.39 Å². The number of rotatable bonds is 3. The molecule has 0 saturated carbocycles. The van der Waals surface area contributed by atoms with Gasteiger partial charge in [0, 0.05) is 4.47 Å². The van der Waals surface area contributed by atoms with Crippen LogP contribution in [-0.2, 0) is 4.79 Å². The largest absolute Gasteiger partial charge is 0.480 e. The van der Waals surface area contributed by atoms with Crippen LogP contribution in [0.5, 0.6) is 5.75 Å². The molecule has 0 bridgehead atoms. The summed E-state index contributed by atoms with van der Waals surface area (Å²) in [6, 6.07) is 4.32. The van der Waals surface area contributed by atoms with Crippen molar-refractivity contribution in [2.45, 2.75) is 13.0 Å². The van der Waals surface area contributed by atoms with Gasteiger partial charge in [-0.2, -0.15) is 0 Å². The summed E-state index contributed by atoms with van der Waals surface area (Å²) in [5.41, 5.74) is 0. The lowest BCUT2D eigenvalue weighted by Gasteiger charge is -2.09. The van der Waals surface area contributed by atoms with Gasteiger partial charge in [-0.25, -0.2) is 4.39 Å². The van der Waals surface area contributed by atoms with Crippen molar-refractivity contribution in [1.29, 1.82) is 0 Å². The van der Waals surface area contributed by atoms with E-state index in [0.29, 0.717) is 10.8 Å². The van der Waals surface area contributed by atoms with Crippen LogP contribution in [-0.4, -0.2) is 12.4 Å². The van der Waals surface area contributed by atoms with E-state index in [2.05, 4.69) is 15.9 Å². The molecule has 0 fully saturated rings. The highest BCUT2D eigenvalue weighted by molar-refractivity contribution is 9.10. The van der Waals surface area contributed by atoms with Gasteiger partial charge in [-0.15, -0.1) is 0 Å². The van der Waals surface area contributed by atoms with E-state index in [1.807, 2.05) is 0 Å². The zero-order chi connectivity index (χ0) is 9.84. The Labute approximate surface area is 83.8 Å². The van der Waals surface area contributed by atoms with Gasteiger partial charge in [0.1, 0.15) is 0 Å². The molecule has 0 amide bonds. The van der Waals surface area contributed by atoms with Crippen molar-refractivity contribution in [1.82, 2.24) is 0 Å². The quantitative estimate of drug-likeness (QED) is 0.767. The van der Waals surface area contributed by atoms with Crippen LogP contribution >= 0.6 is 15.9 Å². The third-order valence-electron chi connectivity index (χ3n) is 1.40. The summed E-state index contributed by atoms with van der Waals surface area (Å²) in [6.07, 6.45) is -0.0239. The second kappa shape index (κ2) is 4.37. The number of hydrogen-bond acceptors (Lipinski definition) is 2. The minimum Gasteiger partial charge on any atom is -0.480 e. The molecule has 1 atom stereocenters. The Morgan fingerprint density at radius 1 is 1.62 bits per heavy atom. The average Bonchev–Trinajstić information content (AvgIpc) is 2.11. The lowest BCUT2D eigenvalue weighted by Crippen LogP contribution is -2.13. The van der Waals surface area contributed by atoms with Crippen LogP contribution in [0.1, 0.15) is 6.92 Å². The van der Waals surface area contributed by atoms with E-state index in [4.69, 9.17) is 4.74 Å². The van der Waals surface area contributed by atoms with Crippen LogP contribution in [0, 0.1) is 5.82 Å². The highest BCUT2D eigenvalue weighted by atomic mass is 79.9. The fourth-order valence-electron chi connectivity index (χ4n) is 0.796. The van der Waals surface area contributed by atoms with Gasteiger partial charge in [0.25, 0.3) is 0 Å². The van der Waals surface area contributed by atoms with Crippen molar-refractivity contribution >= 4 is 22.2 Å². The number of benzene rings is 1. The first kappa shape index (κ1) is 10.2. The molecule has 0 aliphatic rings. The molecular formula is C9H8BrFO2. The highest BCUT2D eigenvalue weighted by Gasteiger charge is 2.07. The Kier molecular flexibility index (Phi) is 3.42. The summed E-state index contributed by atoms with van der Waals surface area (Å²) in [5.74, 6) is -0.397. The number of ether oxygens (including phenoxy) is 1. The minimum atomic E-state index is -0.635. The number of carbonyl (C=O) groups excluding carboxylic acids is 1. The molecular weight excluding hydrogens is 239 g/mol. The Morgan fingerprint density at radius 3 is 2.92 bits per heavy atom. The summed E-state index contributed by atoms with van der Waals surface area (Å²) >= 11 is 3.17. The van der Waals surface area contributed by atoms with Gasteiger partial charge in [-0.05, 0) is 25.1 Å². The Hall–Kier alpha value is -0.900. The van der Waals surface area contributed by atoms with Crippen LogP contribution in [0.15, 0.2) is 22.7 Å². The zero-order valence-corrected chi connectivity index (χ0v) is 8.55. The van der Waals surface area contributed by atoms with Crippen molar-refractivity contribution in [3.63, 3.8) is 0 Å². The van der Waals surface area contributed by atoms with Gasteiger partial charge in [0.2, 0.25) is 0 Å². The van der Waals surface area contributed by atoms with Crippen molar-refractivity contribution in [2.24, 2.45) is 0 Å². The fourth-order valence-corrected chi connectivity index (χ4v) is 1.14. The lowest BCUT2D eigenvalue weighted by atomic mass is 10.3. The first-order valence-electron chi connectivity index (χ1n) is 3.70. The van der Waals surface area contributed by atoms with Gasteiger partial charge in [-0.3, -0.25) is 4.79 Å². The van der Waals surface area contributed by atoms with E-state index in [1.165, 1.54) is 12.1 Å². The predicted octanol–water partition coefficient (Wildman–Crippen LogP) is 2.55. The number of carbonyl (C=O) groups is 1. The molecule has 0 spiro atoms. The maximum absolute atomic E-state index is 13.0. The molecule has 4 heteroatoms. The predicted molar refractivity (Wildman–Crippen MR) is 50.3 cm³/mol. The molecule has 0 heterocycles. The number of halogens is 2. The summed E-state index contributed by atoms with van der Waals surface area (Å²) in [5, 5.41) is 0. The van der Waals surface area contributed by atoms with Crippen molar-refractivity contribution in [3.8, 4) is 5.75 Å². The summed E-state index contributed by atoms with van der Waals surface area (Å²) in [6.45, 7) is 1.55. The molecule has 0 aromatic heterocycles. The number of aldehydes is 1. The summed E-state index contributed by atoms with van der Waals surface area (Å²) in [4.78, 5) is 10.2. The average molecular weight is 247 g/mol. The molecule has 0 aliphatic carbocycles. The standard InChI is InChI=1S/C9H8BrFO2/c1-6(5-12)13-9-4-7(10)2-3-8(9)11/h2-6H,1H3. The van der Waals surface area contributed by atoms with Gasteiger partial charge in [0.15, 0.2) is 24.0 Å². The van der Waals surface area contributed by atoms with Crippen molar-refractivity contribution < 1.29 is 13.9 Å². The molecule has 1 aromatic rings. The maximum Gasteiger partial charge on any atom is 0.165 e. The first-order valence-corrected chi connectivity index (χ1v) is 4.50. The van der Waals surface area contributed by atoms with Crippen LogP contribution < -0.4 is 4.74 Å². The Balaban J connectivity index is 2.86. The third-order valence-corrected chi connectivity index (χ3v) is 1.89. The molecule has 2 nitrogen and oxygen atoms in total. The smallest absolute Gasteiger partial charge is 0.165 e. The molecule has 70 valence electrons. The van der Waals surface area contributed by atoms with E-state index in [1.54, 1.807) is 13.0 Å². The van der Waals surface area contributed by atoms with Gasteiger partial charge in [0.05, 0.1) is 0 Å². The molecule has 1 aromatic carbocycles. The van der Waals surface area contributed by atoms with E-state index < -0.39 is 11.9 Å². The van der Waals surface area contributed by atoms with Crippen LogP contribution in [0.2, 0.25) is 0 Å². The topological polar surface area (TPSA) is 26.3 Å². The van der Waals surface area contributed by atoms with Gasteiger partial charge < -0.3 is 4.74 Å². The van der Waals surface area contributed by atoms with Gasteiger partial charge >= 0.3 is 0 Å². The van der Waals surface area contributed by atoms with Crippen LogP contribution in [0.25, 0.3) is 0 Å². The van der Waals surface area contributed by atoms with Crippen molar-refractivity contribution in [3.05, 3.63) is 28.5 Å². The Morgan fingerprint density at radius 2 is 2.31 bits per heavy atom. The van der Waals surface area contributed by atoms with Crippen LogP contribution in [0.3, 0.4) is 0 Å². The second-order valence-corrected chi connectivity index (χ2v) is 3.45. The highest BCUT2D eigenvalue weighted by Crippen LogP contribution is 2.22. The second-order valence-electron chi connectivity index (χ2n) is 2.53. The minimum absolute atomic E-state index is 0.0778. The maximum atomic E-state index is 13.0. The molecule has 0 aliphatic heterocycles. The summed E-state index contributed by atoms with van der Waals surface area (Å²) in [7, 11) is 0. The lowest BCUT2D eigenvalue weighted by molar-refractivity contribution is -0.113. The summed E-state index contributed by atoms with van der Waals surface area (Å²) < 4.78 is 18.7. The monoisotopic (exact) mass is 246 g/mol. The van der Waals surface area contributed by atoms with E-state index in [-0.39, 0.29) is 5.75 Å². The Bertz CT molecular complexity index is 314. The normalized spacial score (nSPS) is 12.2. The molecule has 1 unspecified atom stereocenters. The zero-order valence-electron chi connectivity index (χ0n) is 6.96. The fraction of sp³-hybridized carbons (Fsp3) is 0.222. The molecule has 13 heavy (non-hydrogen) atoms. The SMILES string of the molecule is CC(C=O)Oc1cc(Br)ccc1F. The molecule has 1 rings (SSSR count). The van der Waals surface area contributed by atoms with E-state index in [0.717, 1.165) is 0 Å². The molecule has 0 saturated heterocycles. The van der Waals surface area contributed by atoms with E-state index in [9.17, 15) is 9.18 Å². The molecule has 0 N–H and O–H groups in total. The first-order chi connectivity index (χ1) is 6.13. The van der Waals surface area contributed by atoms with Crippen molar-refractivity contribution in [2.75, 3.05) is 0 Å². The number of hydrogen-bond donors (Lipinski definition) is 0. The third kappa shape index (κ3) is 2.81. The van der Waals surface area contributed by atoms with E-state index >= 15 is 0 Å². The van der Waals surface area contributed by atoms with Gasteiger partial charge in [-0.1, -0.05) is 15.9 Å².